The van der Waals surface area contributed by atoms with Crippen molar-refractivity contribution in [3.63, 3.8) is 0 Å². The highest BCUT2D eigenvalue weighted by molar-refractivity contribution is 5.90. The number of carbonyl (C=O) groups is 1. The van der Waals surface area contributed by atoms with E-state index < -0.39 is 23.7 Å². The molecular weight excluding hydrogens is 332 g/mol. The van der Waals surface area contributed by atoms with Crippen LogP contribution in [0.15, 0.2) is 35.5 Å². The number of hydrogen-bond acceptors (Lipinski definition) is 4. The predicted octanol–water partition coefficient (Wildman–Crippen LogP) is 2.48. The molecule has 1 heterocycles. The van der Waals surface area contributed by atoms with E-state index in [4.69, 9.17) is 5.73 Å². The summed E-state index contributed by atoms with van der Waals surface area (Å²) in [5.74, 6) is -2.18. The number of aromatic nitrogens is 2. The van der Waals surface area contributed by atoms with Crippen molar-refractivity contribution in [1.29, 1.82) is 0 Å². The van der Waals surface area contributed by atoms with Crippen LogP contribution in [0.25, 0.3) is 0 Å². The van der Waals surface area contributed by atoms with Crippen molar-refractivity contribution in [3.8, 4) is 0 Å². The molecule has 0 amide bonds. The zero-order chi connectivity index (χ0) is 17.9. The molecule has 10 heteroatoms. The molecule has 128 valence electrons. The van der Waals surface area contributed by atoms with E-state index in [9.17, 15) is 22.4 Å². The molecule has 24 heavy (non-hydrogen) atoms. The Morgan fingerprint density at radius 3 is 2.62 bits per heavy atom. The minimum atomic E-state index is -4.58. The molecule has 2 aromatic rings. The molecule has 1 aromatic heterocycles. The Morgan fingerprint density at radius 2 is 2.04 bits per heavy atom. The van der Waals surface area contributed by atoms with Gasteiger partial charge in [0.1, 0.15) is 12.4 Å². The molecular formula is C14H12F4N4O2. The maximum absolute atomic E-state index is 13.4. The number of nitrogens with two attached hydrogens (primary N) is 1. The second kappa shape index (κ2) is 6.69. The Bertz CT molecular complexity index is 783. The van der Waals surface area contributed by atoms with E-state index in [2.05, 4.69) is 15.1 Å². The van der Waals surface area contributed by atoms with Gasteiger partial charge in [0, 0.05) is 5.69 Å². The fourth-order valence-corrected chi connectivity index (χ4v) is 1.77. The molecule has 2 N–H and O–H groups in total. The summed E-state index contributed by atoms with van der Waals surface area (Å²) in [4.78, 5) is 16.1. The first-order chi connectivity index (χ1) is 11.2. The van der Waals surface area contributed by atoms with E-state index in [0.717, 1.165) is 16.8 Å². The van der Waals surface area contributed by atoms with Crippen molar-refractivity contribution in [3.05, 3.63) is 53.1 Å². The summed E-state index contributed by atoms with van der Waals surface area (Å²) < 4.78 is 52.0. The molecule has 6 nitrogen and oxygen atoms in total. The van der Waals surface area contributed by atoms with Gasteiger partial charge in [-0.2, -0.15) is 18.3 Å². The molecule has 0 saturated heterocycles. The molecule has 0 unspecified atom stereocenters. The smallest absolute Gasteiger partial charge is 0.383 e. The number of halogens is 4. The zero-order valence-corrected chi connectivity index (χ0v) is 12.3. The molecule has 0 aliphatic heterocycles. The third kappa shape index (κ3) is 4.09. The van der Waals surface area contributed by atoms with Crippen molar-refractivity contribution in [2.24, 2.45) is 10.9 Å². The van der Waals surface area contributed by atoms with Gasteiger partial charge in [-0.05, 0) is 25.1 Å². The average Bonchev–Trinajstić information content (AvgIpc) is 2.86. The van der Waals surface area contributed by atoms with E-state index >= 15 is 0 Å². The summed E-state index contributed by atoms with van der Waals surface area (Å²) in [5.41, 5.74) is 4.27. The fourth-order valence-electron chi connectivity index (χ4n) is 1.77. The Balaban J connectivity index is 2.06. The van der Waals surface area contributed by atoms with Crippen LogP contribution in [-0.4, -0.2) is 21.6 Å². The lowest BCUT2D eigenvalue weighted by Gasteiger charge is -2.04. The number of oxime groups is 1. The van der Waals surface area contributed by atoms with Gasteiger partial charge in [-0.25, -0.2) is 9.18 Å². The number of hydrogen-bond donors (Lipinski definition) is 1. The van der Waals surface area contributed by atoms with Crippen LogP contribution in [0.5, 0.6) is 0 Å². The van der Waals surface area contributed by atoms with Gasteiger partial charge in [0.05, 0.1) is 5.56 Å². The van der Waals surface area contributed by atoms with Crippen LogP contribution in [0, 0.1) is 12.7 Å². The quantitative estimate of drug-likeness (QED) is 0.304. The lowest BCUT2D eigenvalue weighted by Crippen LogP contribution is -2.22. The van der Waals surface area contributed by atoms with Crippen LogP contribution >= 0.6 is 0 Å². The molecule has 0 radical (unpaired) electrons. The van der Waals surface area contributed by atoms with Crippen molar-refractivity contribution in [2.45, 2.75) is 19.6 Å². The average molecular weight is 344 g/mol. The van der Waals surface area contributed by atoms with Gasteiger partial charge in [0.15, 0.2) is 11.5 Å². The third-order valence-electron chi connectivity index (χ3n) is 2.92. The zero-order valence-electron chi connectivity index (χ0n) is 12.3. The minimum absolute atomic E-state index is 0.195. The normalized spacial score (nSPS) is 12.3. The number of alkyl halides is 3. The Hall–Kier alpha value is -2.91. The van der Waals surface area contributed by atoms with Crippen LogP contribution in [0.4, 0.5) is 17.6 Å². The molecule has 0 fully saturated rings. The van der Waals surface area contributed by atoms with Crippen molar-refractivity contribution in [1.82, 2.24) is 9.78 Å². The van der Waals surface area contributed by atoms with Gasteiger partial charge in [-0.15, -0.1) is 0 Å². The highest BCUT2D eigenvalue weighted by Gasteiger charge is 2.34. The maximum atomic E-state index is 13.4. The largest absolute Gasteiger partial charge is 0.435 e. The first-order valence-corrected chi connectivity index (χ1v) is 6.58. The predicted molar refractivity (Wildman–Crippen MR) is 75.4 cm³/mol. The molecule has 0 saturated carbocycles. The highest BCUT2D eigenvalue weighted by Crippen LogP contribution is 2.28. The second-order valence-electron chi connectivity index (χ2n) is 4.77. The lowest BCUT2D eigenvalue weighted by atomic mass is 10.2. The number of benzene rings is 1. The molecule has 0 aliphatic rings. The van der Waals surface area contributed by atoms with Gasteiger partial charge in [-0.1, -0.05) is 17.3 Å². The molecule has 0 spiro atoms. The van der Waals surface area contributed by atoms with E-state index in [1.165, 1.54) is 25.1 Å². The molecule has 0 atom stereocenters. The summed E-state index contributed by atoms with van der Waals surface area (Å²) in [6.07, 6.45) is -4.58. The maximum Gasteiger partial charge on any atom is 0.435 e. The second-order valence-corrected chi connectivity index (χ2v) is 4.77. The van der Waals surface area contributed by atoms with Crippen LogP contribution < -0.4 is 5.73 Å². The van der Waals surface area contributed by atoms with Crippen molar-refractivity contribution >= 4 is 11.8 Å². The summed E-state index contributed by atoms with van der Waals surface area (Å²) in [5, 5.41) is 6.64. The standard InChI is InChI=1S/C14H12F4N4O2/c1-8-6-11(14(16,17)18)20-22(8)7-12(19)21-24-13(23)9-4-2-3-5-10(9)15/h2-6H,7H2,1H3,(H2,19,21). The van der Waals surface area contributed by atoms with Crippen molar-refractivity contribution < 1.29 is 27.2 Å². The van der Waals surface area contributed by atoms with Gasteiger partial charge >= 0.3 is 12.1 Å². The monoisotopic (exact) mass is 344 g/mol. The van der Waals surface area contributed by atoms with Crippen LogP contribution in [-0.2, 0) is 17.6 Å². The summed E-state index contributed by atoms with van der Waals surface area (Å²) in [6, 6.07) is 5.92. The van der Waals surface area contributed by atoms with E-state index in [-0.39, 0.29) is 23.6 Å². The topological polar surface area (TPSA) is 82.5 Å². The number of amidine groups is 1. The van der Waals surface area contributed by atoms with Crippen LogP contribution in [0.3, 0.4) is 0 Å². The van der Waals surface area contributed by atoms with Gasteiger partial charge < -0.3 is 10.6 Å². The van der Waals surface area contributed by atoms with E-state index in [0.29, 0.717) is 0 Å². The van der Waals surface area contributed by atoms with Crippen LogP contribution in [0.2, 0.25) is 0 Å². The Labute approximate surface area is 133 Å². The number of rotatable bonds is 4. The highest BCUT2D eigenvalue weighted by atomic mass is 19.4. The van der Waals surface area contributed by atoms with E-state index in [1.54, 1.807) is 0 Å². The number of aryl methyl sites for hydroxylation is 1. The molecule has 1 aromatic carbocycles. The van der Waals surface area contributed by atoms with E-state index in [1.807, 2.05) is 0 Å². The third-order valence-corrected chi connectivity index (χ3v) is 2.92. The van der Waals surface area contributed by atoms with Gasteiger partial charge in [0.2, 0.25) is 0 Å². The number of carbonyl (C=O) groups excluding carboxylic acids is 1. The molecule has 0 bridgehead atoms. The van der Waals surface area contributed by atoms with Crippen molar-refractivity contribution in [2.75, 3.05) is 0 Å². The lowest BCUT2D eigenvalue weighted by molar-refractivity contribution is -0.141. The van der Waals surface area contributed by atoms with Crippen LogP contribution in [0.1, 0.15) is 21.7 Å². The SMILES string of the molecule is Cc1cc(C(F)(F)F)nn1C/C(N)=N/OC(=O)c1ccccc1F. The number of nitrogens with zero attached hydrogens (tertiary/aromatic N) is 3. The fraction of sp³-hybridized carbons (Fsp3) is 0.214. The Morgan fingerprint density at radius 1 is 1.38 bits per heavy atom. The Kier molecular flexibility index (Phi) is 4.86. The first kappa shape index (κ1) is 17.4. The summed E-state index contributed by atoms with van der Waals surface area (Å²) >= 11 is 0. The summed E-state index contributed by atoms with van der Waals surface area (Å²) in [7, 11) is 0. The summed E-state index contributed by atoms with van der Waals surface area (Å²) in [6.45, 7) is 1.08. The molecule has 0 aliphatic carbocycles. The molecule has 2 rings (SSSR count). The van der Waals surface area contributed by atoms with Gasteiger partial charge in [0.25, 0.3) is 0 Å². The minimum Gasteiger partial charge on any atom is -0.383 e. The first-order valence-electron chi connectivity index (χ1n) is 6.58. The van der Waals surface area contributed by atoms with Gasteiger partial charge in [-0.3, -0.25) is 4.68 Å².